The summed E-state index contributed by atoms with van der Waals surface area (Å²) in [6.07, 6.45) is 1.31. The van der Waals surface area contributed by atoms with E-state index in [0.717, 1.165) is 51.0 Å². The second-order valence-corrected chi connectivity index (χ2v) is 16.0. The second kappa shape index (κ2) is 20.9. The van der Waals surface area contributed by atoms with Crippen LogP contribution in [-0.2, 0) is 22.7 Å². The molecular weight excluding hydrogens is 919 g/mol. The first-order valence-electron chi connectivity index (χ1n) is 20.2. The molecule has 0 bridgehead atoms. The number of carbonyl (C=O) groups is 2. The van der Waals surface area contributed by atoms with Gasteiger partial charge in [-0.1, -0.05) is 30.6 Å². The van der Waals surface area contributed by atoms with Crippen molar-refractivity contribution in [2.75, 3.05) is 28.3 Å². The molecule has 2 fully saturated rings. The Kier molecular flexibility index (Phi) is 15.5. The van der Waals surface area contributed by atoms with E-state index in [-0.39, 0.29) is 58.7 Å². The molecule has 4 aliphatic rings. The number of cyclic esters (lactones) is 2. The van der Waals surface area contributed by atoms with Crippen LogP contribution < -0.4 is 30.3 Å². The smallest absolute Gasteiger partial charge is 0.416 e. The molecule has 0 spiro atoms. The Balaban J connectivity index is 0.000000179. The van der Waals surface area contributed by atoms with Gasteiger partial charge in [0.05, 0.1) is 40.2 Å². The van der Waals surface area contributed by atoms with Gasteiger partial charge in [-0.2, -0.15) is 14.4 Å². The third-order valence-corrected chi connectivity index (χ3v) is 11.2. The standard InChI is InChI=1S/C21H20ClFN6O3.C12H12ClN3O.C9H9F2N3O2.CH4.B/c1-11(23)15-8-32-21(30)29(15)18-5-6-24-20(27-18)26-12(2)19-16-9-31-17-7-13(22)3-4-14(17)28(16)10-25-19;1-7(14)12-10-5-17-11-4-8(13)2-3-9(11)16(10)6-15-12;1-5(10)6-4-16-9(15)14(6)7-2-3-12-8(11)13-7;;/h3-7,10-12,15H,8-9H2,1-2H3,(H,24,26,27);2-4,6-7H,5,14H2,1H3;2-3,5-6H,4H2,1H3;1H4;/t11-,12-,15+;7-;5-,6+;;/m000../s1. The van der Waals surface area contributed by atoms with Gasteiger partial charge in [-0.3, -0.25) is 18.9 Å². The zero-order valence-corrected chi connectivity index (χ0v) is 37.2. The molecule has 351 valence electrons. The van der Waals surface area contributed by atoms with Gasteiger partial charge in [-0.25, -0.2) is 38.3 Å². The number of aromatic nitrogens is 8. The minimum atomic E-state index is -1.29. The molecule has 10 rings (SSSR count). The number of hydrogen-bond donors (Lipinski definition) is 2. The van der Waals surface area contributed by atoms with Crippen molar-refractivity contribution in [1.82, 2.24) is 39.0 Å². The molecule has 0 aliphatic carbocycles. The van der Waals surface area contributed by atoms with Crippen LogP contribution in [0.1, 0.15) is 70.0 Å². The molecule has 2 amide bonds. The lowest BCUT2D eigenvalue weighted by Crippen LogP contribution is -2.39. The Morgan fingerprint density at radius 2 is 1.18 bits per heavy atom. The van der Waals surface area contributed by atoms with Crippen molar-refractivity contribution >= 4 is 61.4 Å². The second-order valence-electron chi connectivity index (χ2n) is 15.2. The van der Waals surface area contributed by atoms with Crippen LogP contribution in [0.15, 0.2) is 73.6 Å². The molecule has 4 aliphatic heterocycles. The molecule has 2 saturated heterocycles. The molecule has 3 radical (unpaired) electrons. The zero-order chi connectivity index (χ0) is 46.1. The third kappa shape index (κ3) is 10.3. The largest absolute Gasteiger partial charge is 0.485 e. The highest BCUT2D eigenvalue weighted by Gasteiger charge is 2.40. The number of nitrogens with one attached hydrogen (secondary N) is 1. The first-order valence-corrected chi connectivity index (χ1v) is 21.0. The van der Waals surface area contributed by atoms with Gasteiger partial charge < -0.3 is 30.0 Å². The fourth-order valence-electron chi connectivity index (χ4n) is 7.47. The molecule has 67 heavy (non-hydrogen) atoms. The van der Waals surface area contributed by atoms with E-state index in [2.05, 4.69) is 35.2 Å². The molecule has 0 saturated carbocycles. The molecule has 24 heteroatoms. The molecule has 8 heterocycles. The minimum Gasteiger partial charge on any atom is -0.485 e. The summed E-state index contributed by atoms with van der Waals surface area (Å²) in [5.41, 5.74) is 11.2. The van der Waals surface area contributed by atoms with Crippen LogP contribution >= 0.6 is 23.2 Å². The van der Waals surface area contributed by atoms with Crippen molar-refractivity contribution in [1.29, 1.82) is 0 Å². The number of nitrogens with two attached hydrogens (primary N) is 1. The van der Waals surface area contributed by atoms with Gasteiger partial charge in [0, 0.05) is 49.0 Å². The number of amides is 2. The Bertz CT molecular complexity index is 2730. The Morgan fingerprint density at radius 3 is 1.67 bits per heavy atom. The van der Waals surface area contributed by atoms with Crippen LogP contribution in [0.5, 0.6) is 11.5 Å². The van der Waals surface area contributed by atoms with E-state index in [1.807, 2.05) is 47.2 Å². The predicted molar refractivity (Wildman–Crippen MR) is 243 cm³/mol. The predicted octanol–water partition coefficient (Wildman–Crippen LogP) is 8.06. The first kappa shape index (κ1) is 49.8. The maximum atomic E-state index is 13.9. The van der Waals surface area contributed by atoms with Crippen LogP contribution in [0, 0.1) is 6.08 Å². The molecule has 4 aromatic heterocycles. The van der Waals surface area contributed by atoms with Crippen molar-refractivity contribution in [3.05, 3.63) is 112 Å². The summed E-state index contributed by atoms with van der Waals surface area (Å²) in [5.74, 6) is 2.03. The summed E-state index contributed by atoms with van der Waals surface area (Å²) in [6, 6.07) is 12.0. The van der Waals surface area contributed by atoms with E-state index >= 15 is 0 Å². The lowest BCUT2D eigenvalue weighted by molar-refractivity contribution is 0.173. The van der Waals surface area contributed by atoms with E-state index < -0.39 is 42.7 Å². The van der Waals surface area contributed by atoms with E-state index in [4.69, 9.17) is 47.9 Å². The highest BCUT2D eigenvalue weighted by molar-refractivity contribution is 6.31. The monoisotopic (exact) mass is 963 g/mol. The van der Waals surface area contributed by atoms with Crippen molar-refractivity contribution < 1.29 is 41.7 Å². The normalized spacial score (nSPS) is 18.1. The van der Waals surface area contributed by atoms with Crippen LogP contribution in [0.2, 0.25) is 10.0 Å². The van der Waals surface area contributed by atoms with Crippen LogP contribution in [0.4, 0.5) is 40.3 Å². The fourth-order valence-corrected chi connectivity index (χ4v) is 7.79. The summed E-state index contributed by atoms with van der Waals surface area (Å²) in [6.45, 7) is 7.26. The fraction of sp³-hybridized carbons (Fsp3) is 0.349. The van der Waals surface area contributed by atoms with Crippen molar-refractivity contribution in [2.45, 2.75) is 84.8 Å². The summed E-state index contributed by atoms with van der Waals surface area (Å²) in [4.78, 5) is 49.9. The average molecular weight is 965 g/mol. The quantitative estimate of drug-likeness (QED) is 0.110. The number of nitrogens with zero attached hydrogens (tertiary/aromatic N) is 10. The topological polar surface area (TPSA) is 203 Å². The highest BCUT2D eigenvalue weighted by Crippen LogP contribution is 2.36. The maximum Gasteiger partial charge on any atom is 0.416 e. The van der Waals surface area contributed by atoms with Crippen molar-refractivity contribution in [3.8, 4) is 22.9 Å². The number of ether oxygens (including phenoxy) is 4. The summed E-state index contributed by atoms with van der Waals surface area (Å²) in [7, 11) is 0. The number of hydrogen-bond acceptors (Lipinski definition) is 14. The lowest BCUT2D eigenvalue weighted by Gasteiger charge is -2.23. The van der Waals surface area contributed by atoms with Gasteiger partial charge in [0.1, 0.15) is 86.6 Å². The molecular formula is C43H45BCl2F3N12O6. The Labute approximate surface area is 395 Å². The number of anilines is 3. The number of alkyl halides is 2. The number of halogens is 5. The molecule has 6 atom stereocenters. The van der Waals surface area contributed by atoms with E-state index in [1.54, 1.807) is 30.9 Å². The third-order valence-electron chi connectivity index (χ3n) is 10.7. The van der Waals surface area contributed by atoms with Gasteiger partial charge >= 0.3 is 18.3 Å². The average Bonchev–Trinajstić information content (AvgIpc) is 4.09. The number of benzene rings is 2. The molecule has 3 N–H and O–H groups in total. The van der Waals surface area contributed by atoms with Crippen LogP contribution in [0.25, 0.3) is 11.4 Å². The summed E-state index contributed by atoms with van der Waals surface area (Å²) >= 11 is 12.0. The highest BCUT2D eigenvalue weighted by atomic mass is 35.5. The van der Waals surface area contributed by atoms with E-state index in [9.17, 15) is 22.8 Å². The number of imidazole rings is 2. The number of fused-ring (bicyclic) bond motifs is 6. The number of carbonyl (C=O) groups excluding carboxylic acids is 2. The number of rotatable bonds is 8. The van der Waals surface area contributed by atoms with Crippen LogP contribution in [-0.4, -0.2) is 97.3 Å². The molecule has 2 aromatic carbocycles. The minimum absolute atomic E-state index is 0. The van der Waals surface area contributed by atoms with Crippen LogP contribution in [0.3, 0.4) is 0 Å². The summed E-state index contributed by atoms with van der Waals surface area (Å²) < 4.78 is 65.1. The SMILES string of the molecule is C.C[C@H](F)[C@H]1COC(=O)N1c1ccnc(F)n1.C[C@H](N)c1ncn2c1COc1cc(Cl)ccc1-2.C[C@H](Nc1nccc(N2C(=O)OC[C@@H]2[C@H](C)F)n1)c1ncn2c1COc1cc(Cl)ccc1-2.[B]. The molecule has 6 aromatic rings. The van der Waals surface area contributed by atoms with Gasteiger partial charge in [-0.05, 0) is 64.1 Å². The summed E-state index contributed by atoms with van der Waals surface area (Å²) in [5, 5.41) is 4.47. The van der Waals surface area contributed by atoms with Crippen molar-refractivity contribution in [3.63, 3.8) is 0 Å². The maximum absolute atomic E-state index is 13.9. The van der Waals surface area contributed by atoms with Gasteiger partial charge in [-0.15, -0.1) is 0 Å². The van der Waals surface area contributed by atoms with E-state index in [0.29, 0.717) is 29.0 Å². The van der Waals surface area contributed by atoms with Gasteiger partial charge in [0.15, 0.2) is 0 Å². The first-order chi connectivity index (χ1) is 31.2. The molecule has 18 nitrogen and oxygen atoms in total. The van der Waals surface area contributed by atoms with Gasteiger partial charge in [0.2, 0.25) is 5.95 Å². The zero-order valence-electron chi connectivity index (χ0n) is 35.7. The van der Waals surface area contributed by atoms with E-state index in [1.165, 1.54) is 31.0 Å². The van der Waals surface area contributed by atoms with Gasteiger partial charge in [0.25, 0.3) is 0 Å². The van der Waals surface area contributed by atoms with Crippen molar-refractivity contribution in [2.24, 2.45) is 5.73 Å². The lowest BCUT2D eigenvalue weighted by atomic mass is 10.1. The Morgan fingerprint density at radius 1 is 0.701 bits per heavy atom. The Hall–Kier alpha value is -6.65. The molecule has 0 unspecified atom stereocenters.